The van der Waals surface area contributed by atoms with Gasteiger partial charge in [0.15, 0.2) is 5.78 Å². The highest BCUT2D eigenvalue weighted by Crippen LogP contribution is 2.40. The maximum Gasteiger partial charge on any atom is 0.159 e. The Balaban J connectivity index is 1.94. The summed E-state index contributed by atoms with van der Waals surface area (Å²) in [5.74, 6) is 0.708. The van der Waals surface area contributed by atoms with Gasteiger partial charge in [0, 0.05) is 17.7 Å². The van der Waals surface area contributed by atoms with E-state index in [1.54, 1.807) is 6.07 Å². The lowest BCUT2D eigenvalue weighted by atomic mass is 9.85. The van der Waals surface area contributed by atoms with Crippen LogP contribution in [0.5, 0.6) is 5.75 Å². The molecule has 2 atom stereocenters. The Morgan fingerprint density at radius 1 is 1.21 bits per heavy atom. The minimum absolute atomic E-state index is 0.000988. The van der Waals surface area contributed by atoms with Crippen molar-refractivity contribution in [3.05, 3.63) is 65.2 Å². The van der Waals surface area contributed by atoms with E-state index in [0.717, 1.165) is 11.1 Å². The summed E-state index contributed by atoms with van der Waals surface area (Å²) in [5, 5.41) is 14.2. The molecular formula is C20H23NO3. The maximum absolute atomic E-state index is 11.7. The highest BCUT2D eigenvalue weighted by atomic mass is 16.5. The third kappa shape index (κ3) is 3.21. The summed E-state index contributed by atoms with van der Waals surface area (Å²) in [7, 11) is 0. The summed E-state index contributed by atoms with van der Waals surface area (Å²) < 4.78 is 5.95. The summed E-state index contributed by atoms with van der Waals surface area (Å²) in [4.78, 5) is 11.7. The summed E-state index contributed by atoms with van der Waals surface area (Å²) >= 11 is 0. The number of fused-ring (bicyclic) bond motifs is 1. The number of rotatable bonds is 4. The van der Waals surface area contributed by atoms with E-state index in [9.17, 15) is 9.90 Å². The quantitative estimate of drug-likeness (QED) is 0.847. The van der Waals surface area contributed by atoms with Crippen molar-refractivity contribution >= 4 is 5.78 Å². The molecule has 24 heavy (non-hydrogen) atoms. The molecule has 4 nitrogen and oxygen atoms in total. The zero-order chi connectivity index (χ0) is 17.3. The third-order valence-electron chi connectivity index (χ3n) is 4.52. The zero-order valence-electron chi connectivity index (χ0n) is 14.2. The second-order valence-electron chi connectivity index (χ2n) is 6.80. The van der Waals surface area contributed by atoms with Crippen LogP contribution in [0.4, 0.5) is 0 Å². The van der Waals surface area contributed by atoms with Crippen molar-refractivity contribution in [3.63, 3.8) is 0 Å². The number of aliphatic hydroxyl groups excluding tert-OH is 1. The van der Waals surface area contributed by atoms with Crippen molar-refractivity contribution in [1.82, 2.24) is 5.32 Å². The summed E-state index contributed by atoms with van der Waals surface area (Å²) in [6.07, 6.45) is -0.726. The standard InChI is InChI=1S/C20H23NO3/c1-13(22)15-9-10-17-16(11-15)18(19(23)20(2,3)24-17)21-12-14-7-5-4-6-8-14/h4-11,18-19,21,23H,12H2,1-3H3/t18-,19+/m1/s1. The van der Waals surface area contributed by atoms with Gasteiger partial charge in [0.2, 0.25) is 0 Å². The average Bonchev–Trinajstić information content (AvgIpc) is 2.55. The summed E-state index contributed by atoms with van der Waals surface area (Å²) in [5.41, 5.74) is 1.87. The van der Waals surface area contributed by atoms with Crippen molar-refractivity contribution in [2.24, 2.45) is 0 Å². The minimum Gasteiger partial charge on any atom is -0.485 e. The van der Waals surface area contributed by atoms with Crippen LogP contribution in [0, 0.1) is 0 Å². The molecule has 1 aliphatic rings. The summed E-state index contributed by atoms with van der Waals surface area (Å²) in [6, 6.07) is 15.1. The first-order valence-corrected chi connectivity index (χ1v) is 8.18. The van der Waals surface area contributed by atoms with E-state index in [2.05, 4.69) is 5.32 Å². The first-order valence-electron chi connectivity index (χ1n) is 8.18. The Labute approximate surface area is 142 Å². The number of aliphatic hydroxyl groups is 1. The normalized spacial score (nSPS) is 21.7. The molecule has 1 heterocycles. The van der Waals surface area contributed by atoms with E-state index >= 15 is 0 Å². The molecule has 1 aliphatic heterocycles. The lowest BCUT2D eigenvalue weighted by molar-refractivity contribution is -0.0649. The number of nitrogens with one attached hydrogen (secondary N) is 1. The summed E-state index contributed by atoms with van der Waals surface area (Å²) in [6.45, 7) is 5.91. The molecule has 0 saturated carbocycles. The fourth-order valence-corrected chi connectivity index (χ4v) is 3.06. The number of ether oxygens (including phenoxy) is 1. The van der Waals surface area contributed by atoms with Gasteiger partial charge >= 0.3 is 0 Å². The van der Waals surface area contributed by atoms with E-state index in [4.69, 9.17) is 4.74 Å². The predicted octanol–water partition coefficient (Wildman–Crippen LogP) is 3.25. The number of carbonyl (C=O) groups is 1. The van der Waals surface area contributed by atoms with Crippen LogP contribution in [0.1, 0.15) is 48.3 Å². The molecule has 0 saturated heterocycles. The minimum atomic E-state index is -0.726. The molecule has 0 fully saturated rings. The van der Waals surface area contributed by atoms with Gasteiger partial charge in [-0.2, -0.15) is 0 Å². The Hall–Kier alpha value is -2.17. The molecular weight excluding hydrogens is 302 g/mol. The first kappa shape index (κ1) is 16.7. The van der Waals surface area contributed by atoms with E-state index in [1.165, 1.54) is 6.92 Å². The second-order valence-corrected chi connectivity index (χ2v) is 6.80. The van der Waals surface area contributed by atoms with Gasteiger partial charge in [0.1, 0.15) is 17.5 Å². The number of hydrogen-bond acceptors (Lipinski definition) is 4. The number of carbonyl (C=O) groups excluding carboxylic acids is 1. The molecule has 0 aliphatic carbocycles. The average molecular weight is 325 g/mol. The second kappa shape index (κ2) is 6.38. The predicted molar refractivity (Wildman–Crippen MR) is 93.2 cm³/mol. The smallest absolute Gasteiger partial charge is 0.159 e. The van der Waals surface area contributed by atoms with Crippen LogP contribution in [-0.2, 0) is 6.54 Å². The van der Waals surface area contributed by atoms with E-state index in [-0.39, 0.29) is 11.8 Å². The molecule has 3 rings (SSSR count). The highest BCUT2D eigenvalue weighted by Gasteiger charge is 2.42. The molecule has 2 aromatic carbocycles. The van der Waals surface area contributed by atoms with Gasteiger partial charge in [-0.1, -0.05) is 30.3 Å². The fraction of sp³-hybridized carbons (Fsp3) is 0.350. The molecule has 2 N–H and O–H groups in total. The van der Waals surface area contributed by atoms with Gasteiger partial charge in [0.25, 0.3) is 0 Å². The van der Waals surface area contributed by atoms with Crippen LogP contribution < -0.4 is 10.1 Å². The lowest BCUT2D eigenvalue weighted by Crippen LogP contribution is -2.52. The van der Waals surface area contributed by atoms with Crippen LogP contribution in [0.2, 0.25) is 0 Å². The number of Topliss-reactive ketones (excluding diaryl/α,β-unsaturated/α-hetero) is 1. The van der Waals surface area contributed by atoms with Gasteiger partial charge in [-0.25, -0.2) is 0 Å². The van der Waals surface area contributed by atoms with Crippen LogP contribution in [0.15, 0.2) is 48.5 Å². The fourth-order valence-electron chi connectivity index (χ4n) is 3.06. The van der Waals surface area contributed by atoms with E-state index < -0.39 is 11.7 Å². The third-order valence-corrected chi connectivity index (χ3v) is 4.52. The van der Waals surface area contributed by atoms with Crippen LogP contribution in [0.25, 0.3) is 0 Å². The van der Waals surface area contributed by atoms with Crippen molar-refractivity contribution < 1.29 is 14.6 Å². The number of ketones is 1. The molecule has 2 aromatic rings. The van der Waals surface area contributed by atoms with Gasteiger partial charge in [0.05, 0.1) is 6.04 Å². The van der Waals surface area contributed by atoms with Gasteiger partial charge in [-0.3, -0.25) is 4.79 Å². The molecule has 0 unspecified atom stereocenters. The van der Waals surface area contributed by atoms with Crippen LogP contribution >= 0.6 is 0 Å². The zero-order valence-corrected chi connectivity index (χ0v) is 14.2. The molecule has 0 aromatic heterocycles. The Morgan fingerprint density at radius 2 is 1.92 bits per heavy atom. The van der Waals surface area contributed by atoms with Gasteiger partial charge < -0.3 is 15.2 Å². The lowest BCUT2D eigenvalue weighted by Gasteiger charge is -2.42. The Morgan fingerprint density at radius 3 is 2.58 bits per heavy atom. The monoisotopic (exact) mass is 325 g/mol. The Bertz CT molecular complexity index is 740. The maximum atomic E-state index is 11.7. The molecule has 0 radical (unpaired) electrons. The number of benzene rings is 2. The molecule has 0 amide bonds. The van der Waals surface area contributed by atoms with Gasteiger partial charge in [-0.15, -0.1) is 0 Å². The Kier molecular flexibility index (Phi) is 4.43. The molecule has 126 valence electrons. The van der Waals surface area contributed by atoms with Crippen molar-refractivity contribution in [2.75, 3.05) is 0 Å². The van der Waals surface area contributed by atoms with Crippen LogP contribution in [0.3, 0.4) is 0 Å². The highest BCUT2D eigenvalue weighted by molar-refractivity contribution is 5.94. The van der Waals surface area contributed by atoms with Crippen LogP contribution in [-0.4, -0.2) is 22.6 Å². The van der Waals surface area contributed by atoms with Gasteiger partial charge in [-0.05, 0) is 44.5 Å². The van der Waals surface area contributed by atoms with E-state index in [0.29, 0.717) is 17.9 Å². The molecule has 4 heteroatoms. The SMILES string of the molecule is CC(=O)c1ccc2c(c1)[C@@H](NCc1ccccc1)[C@H](O)C(C)(C)O2. The van der Waals surface area contributed by atoms with E-state index in [1.807, 2.05) is 56.3 Å². The molecule has 0 bridgehead atoms. The largest absolute Gasteiger partial charge is 0.485 e. The van der Waals surface area contributed by atoms with Crippen molar-refractivity contribution in [1.29, 1.82) is 0 Å². The first-order chi connectivity index (χ1) is 11.4. The molecule has 0 spiro atoms. The van der Waals surface area contributed by atoms with Crippen molar-refractivity contribution in [2.45, 2.75) is 45.1 Å². The number of hydrogen-bond donors (Lipinski definition) is 2. The topological polar surface area (TPSA) is 58.6 Å². The van der Waals surface area contributed by atoms with Crippen molar-refractivity contribution in [3.8, 4) is 5.75 Å².